The van der Waals surface area contributed by atoms with Crippen LogP contribution in [0.1, 0.15) is 54.5 Å². The zero-order valence-corrected chi connectivity index (χ0v) is 29.7. The predicted octanol–water partition coefficient (Wildman–Crippen LogP) is 6.59. The van der Waals surface area contributed by atoms with Crippen LogP contribution >= 0.6 is 11.6 Å². The van der Waals surface area contributed by atoms with Crippen LogP contribution in [0.5, 0.6) is 0 Å². The minimum Gasteiger partial charge on any atom is -0.395 e. The van der Waals surface area contributed by atoms with Gasteiger partial charge in [-0.1, -0.05) is 66.2 Å². The lowest BCUT2D eigenvalue weighted by Gasteiger charge is -2.31. The lowest BCUT2D eigenvalue weighted by atomic mass is 9.82. The van der Waals surface area contributed by atoms with E-state index in [1.165, 1.54) is 0 Å². The first-order valence-electron chi connectivity index (χ1n) is 16.9. The third-order valence-corrected chi connectivity index (χ3v) is 13.2. The summed E-state index contributed by atoms with van der Waals surface area (Å²) in [4.78, 5) is 30.8. The van der Waals surface area contributed by atoms with Crippen LogP contribution in [0.15, 0.2) is 79.0 Å². The lowest BCUT2D eigenvalue weighted by molar-refractivity contribution is -0.146. The number of amides is 2. The molecule has 0 saturated carbocycles. The topological polar surface area (TPSA) is 101 Å². The van der Waals surface area contributed by atoms with Gasteiger partial charge in [0.25, 0.3) is 5.91 Å². The van der Waals surface area contributed by atoms with Crippen molar-refractivity contribution in [1.82, 2.24) is 15.0 Å². The van der Waals surface area contributed by atoms with E-state index in [0.29, 0.717) is 47.9 Å². The number of hydrogen-bond acceptors (Lipinski definition) is 6. The number of aliphatic hydroxyl groups is 1. The van der Waals surface area contributed by atoms with Crippen molar-refractivity contribution in [1.29, 1.82) is 0 Å². The summed E-state index contributed by atoms with van der Waals surface area (Å²) in [7, 11) is -3.38. The van der Waals surface area contributed by atoms with Crippen molar-refractivity contribution in [3.8, 4) is 0 Å². The van der Waals surface area contributed by atoms with Gasteiger partial charge in [-0.15, -0.1) is 5.10 Å². The van der Waals surface area contributed by atoms with E-state index in [9.17, 15) is 14.7 Å². The second-order valence-electron chi connectivity index (χ2n) is 14.0. The van der Waals surface area contributed by atoms with Crippen molar-refractivity contribution >= 4 is 43.2 Å². The van der Waals surface area contributed by atoms with Gasteiger partial charge in [-0.05, 0) is 67.4 Å². The summed E-state index contributed by atoms with van der Waals surface area (Å²) in [5, 5.41) is 19.3. The number of hydrogen-bond donors (Lipinski definition) is 1. The zero-order valence-electron chi connectivity index (χ0n) is 27.9. The van der Waals surface area contributed by atoms with Crippen LogP contribution < -0.4 is 9.80 Å². The Bertz CT molecular complexity index is 1870. The molecule has 4 aromatic rings. The number of aromatic nitrogens is 3. The van der Waals surface area contributed by atoms with Gasteiger partial charge in [0.1, 0.15) is 0 Å². The normalized spacial score (nSPS) is 24.3. The molecule has 1 N–H and O–H groups in total. The molecule has 4 heterocycles. The molecule has 2 fully saturated rings. The number of aliphatic hydroxyl groups excluding tert-OH is 1. The number of aryl methyl sites for hydroxylation is 1. The average Bonchev–Trinajstić information content (AvgIpc) is 3.84. The molecule has 5 atom stereocenters. The molecule has 7 rings (SSSR count). The van der Waals surface area contributed by atoms with E-state index < -0.39 is 31.6 Å². The highest BCUT2D eigenvalue weighted by Gasteiger charge is 2.66. The van der Waals surface area contributed by atoms with Gasteiger partial charge < -0.3 is 23.8 Å². The smallest absolute Gasteiger partial charge is 0.264 e. The molecule has 2 saturated heterocycles. The quantitative estimate of drug-likeness (QED) is 0.148. The number of nitrogens with zero attached hydrogens (tertiary/aromatic N) is 5. The highest BCUT2D eigenvalue weighted by molar-refractivity contribution is 6.72. The maximum atomic E-state index is 16.4. The fraction of sp³-hybridized carbons (Fsp3) is 0.405. The van der Waals surface area contributed by atoms with E-state index in [0.717, 1.165) is 23.2 Å². The molecule has 49 heavy (non-hydrogen) atoms. The summed E-state index contributed by atoms with van der Waals surface area (Å²) in [6, 6.07) is 22.8. The zero-order chi connectivity index (χ0) is 34.5. The third-order valence-electron chi connectivity index (χ3n) is 10.5. The van der Waals surface area contributed by atoms with Crippen LogP contribution in [-0.4, -0.2) is 59.6 Å². The van der Waals surface area contributed by atoms with Crippen LogP contribution in [0.2, 0.25) is 23.7 Å². The lowest BCUT2D eigenvalue weighted by Crippen LogP contribution is -2.45. The van der Waals surface area contributed by atoms with Crippen molar-refractivity contribution in [3.05, 3.63) is 106 Å². The molecule has 0 aliphatic carbocycles. The van der Waals surface area contributed by atoms with Gasteiger partial charge in [0.05, 0.1) is 36.6 Å². The van der Waals surface area contributed by atoms with Crippen molar-refractivity contribution in [2.24, 2.45) is 5.92 Å². The van der Waals surface area contributed by atoms with Gasteiger partial charge in [0, 0.05) is 53.4 Å². The third kappa shape index (κ3) is 6.00. The van der Waals surface area contributed by atoms with Crippen LogP contribution in [-0.2, 0) is 33.0 Å². The number of fused-ring (bicyclic) bond motifs is 2. The van der Waals surface area contributed by atoms with Crippen LogP contribution in [0.25, 0.3) is 0 Å². The number of anilines is 2. The van der Waals surface area contributed by atoms with Crippen molar-refractivity contribution in [2.45, 2.75) is 75.5 Å². The fourth-order valence-corrected chi connectivity index (χ4v) is 11.0. The summed E-state index contributed by atoms with van der Waals surface area (Å²) in [5.74, 6) is -0.910. The van der Waals surface area contributed by atoms with Gasteiger partial charge in [-0.25, -0.2) is 0 Å². The Kier molecular flexibility index (Phi) is 8.97. The Balaban J connectivity index is 1.17. The van der Waals surface area contributed by atoms with E-state index in [1.807, 2.05) is 73.8 Å². The standard InChI is InChI=1S/C37H41ClFN5O4Si/c1-24-35(49(2,3)39)33(16-18-42-22-31(40-41-42)29(23-45)26-10-5-4-6-11-26)48-37(24)30-20-27(38)14-15-32(30)44(36(37)47)21-25-9-7-12-28(19-25)43-17-8-13-34(43)46/h4-7,9-12,14-15,19-20,22,24,29,33,35,45H,8,13,16-18,21,23H2,1-3H3/t24-,29?,33+,35-,37+/m0/s1. The Morgan fingerprint density at radius 3 is 2.61 bits per heavy atom. The fourth-order valence-electron chi connectivity index (χ4n) is 8.27. The van der Waals surface area contributed by atoms with E-state index in [1.54, 1.807) is 39.7 Å². The molecule has 12 heteroatoms. The minimum atomic E-state index is -3.38. The van der Waals surface area contributed by atoms with E-state index in [2.05, 4.69) is 10.3 Å². The molecule has 3 aromatic carbocycles. The Morgan fingerprint density at radius 2 is 1.90 bits per heavy atom. The first-order valence-corrected chi connectivity index (χ1v) is 20.3. The number of rotatable bonds is 10. The van der Waals surface area contributed by atoms with E-state index in [-0.39, 0.29) is 30.9 Å². The molecule has 1 unspecified atom stereocenters. The van der Waals surface area contributed by atoms with E-state index >= 15 is 4.11 Å². The van der Waals surface area contributed by atoms with Gasteiger partial charge in [0.2, 0.25) is 14.3 Å². The number of halogens is 2. The summed E-state index contributed by atoms with van der Waals surface area (Å²) in [6.45, 7) is 6.54. The summed E-state index contributed by atoms with van der Waals surface area (Å²) >= 11 is 6.56. The minimum absolute atomic E-state index is 0.100. The van der Waals surface area contributed by atoms with Crippen molar-refractivity contribution < 1.29 is 23.5 Å². The van der Waals surface area contributed by atoms with Crippen LogP contribution in [0.4, 0.5) is 15.5 Å². The molecule has 1 aromatic heterocycles. The van der Waals surface area contributed by atoms with Gasteiger partial charge in [-0.2, -0.15) is 0 Å². The molecule has 3 aliphatic heterocycles. The maximum absolute atomic E-state index is 16.4. The summed E-state index contributed by atoms with van der Waals surface area (Å²) in [6.07, 6.45) is 3.04. The van der Waals surface area contributed by atoms with Crippen LogP contribution in [0.3, 0.4) is 0 Å². The van der Waals surface area contributed by atoms with Crippen molar-refractivity contribution in [2.75, 3.05) is 23.0 Å². The number of benzene rings is 3. The highest BCUT2D eigenvalue weighted by atomic mass is 35.5. The number of ether oxygens (including phenoxy) is 1. The van der Waals surface area contributed by atoms with Crippen molar-refractivity contribution in [3.63, 3.8) is 0 Å². The molecule has 3 aliphatic rings. The Morgan fingerprint density at radius 1 is 1.10 bits per heavy atom. The first-order chi connectivity index (χ1) is 23.5. The SMILES string of the molecule is C[C@H]1[C@H]([Si](C)(C)F)[C@@H](CCn2cc(C(CO)c3ccccc3)nn2)O[C@]12C(=O)N(Cc1cccc(N3CCCC3=O)c1)c1ccc(Cl)cc12. The Hall–Kier alpha value is -3.90. The summed E-state index contributed by atoms with van der Waals surface area (Å²) < 4.78 is 25.0. The van der Waals surface area contributed by atoms with E-state index in [4.69, 9.17) is 16.3 Å². The molecule has 2 amide bonds. The molecular weight excluding hydrogens is 661 g/mol. The van der Waals surface area contributed by atoms with Gasteiger partial charge in [0.15, 0.2) is 5.60 Å². The highest BCUT2D eigenvalue weighted by Crippen LogP contribution is 2.60. The second kappa shape index (κ2) is 13.1. The second-order valence-corrected chi connectivity index (χ2v) is 18.2. The number of carbonyl (C=O) groups is 2. The van der Waals surface area contributed by atoms with Gasteiger partial charge in [-0.3, -0.25) is 14.3 Å². The predicted molar refractivity (Wildman–Crippen MR) is 189 cm³/mol. The van der Waals surface area contributed by atoms with Crippen LogP contribution in [0, 0.1) is 5.92 Å². The molecule has 0 bridgehead atoms. The molecule has 1 spiro atoms. The molecular formula is C37H41ClFN5O4Si. The number of carbonyl (C=O) groups excluding carboxylic acids is 2. The Labute approximate surface area is 291 Å². The largest absolute Gasteiger partial charge is 0.395 e. The average molecular weight is 702 g/mol. The monoisotopic (exact) mass is 701 g/mol. The summed E-state index contributed by atoms with van der Waals surface area (Å²) in [5.41, 5.74) is 2.74. The van der Waals surface area contributed by atoms with Gasteiger partial charge >= 0.3 is 0 Å². The molecule has 256 valence electrons. The maximum Gasteiger partial charge on any atom is 0.264 e. The molecule has 9 nitrogen and oxygen atoms in total. The molecule has 0 radical (unpaired) electrons. The first kappa shape index (κ1) is 33.6.